The van der Waals surface area contributed by atoms with Gasteiger partial charge in [-0.1, -0.05) is 41.9 Å². The third-order valence-electron chi connectivity index (χ3n) is 5.10. The van der Waals surface area contributed by atoms with E-state index >= 15 is 0 Å². The molecule has 6 nitrogen and oxygen atoms in total. The zero-order valence-electron chi connectivity index (χ0n) is 17.4. The predicted octanol–water partition coefficient (Wildman–Crippen LogP) is 4.64. The molecule has 0 aliphatic carbocycles. The first-order valence-electron chi connectivity index (χ1n) is 10.3. The number of nitrogens with zero attached hydrogens (tertiary/aromatic N) is 1. The maximum atomic E-state index is 13.0. The Morgan fingerprint density at radius 3 is 2.50 bits per heavy atom. The maximum absolute atomic E-state index is 13.0. The number of para-hydroxylation sites is 1. The van der Waals surface area contributed by atoms with Gasteiger partial charge in [-0.15, -0.1) is 0 Å². The highest BCUT2D eigenvalue weighted by atomic mass is 35.5. The molecular weight excluding hydrogens is 428 g/mol. The van der Waals surface area contributed by atoms with Gasteiger partial charge in [-0.2, -0.15) is 0 Å². The standard InChI is InChI=1S/C25H23ClN2O4/c26-20-10-8-18(9-11-20)17-32-23-7-2-1-6-22(23)24(29)27-21-5-3-4-19(16-21)25(30)28-12-14-31-15-13-28/h1-11,16H,12-15,17H2,(H,27,29). The molecule has 1 saturated heterocycles. The second-order valence-corrected chi connectivity index (χ2v) is 7.79. The van der Waals surface area contributed by atoms with Crippen molar-refractivity contribution in [2.45, 2.75) is 6.61 Å². The number of carbonyl (C=O) groups excluding carboxylic acids is 2. The Labute approximate surface area is 191 Å². The number of benzene rings is 3. The topological polar surface area (TPSA) is 67.9 Å². The van der Waals surface area contributed by atoms with Crippen molar-refractivity contribution in [3.8, 4) is 5.75 Å². The van der Waals surface area contributed by atoms with Crippen molar-refractivity contribution in [2.75, 3.05) is 31.6 Å². The van der Waals surface area contributed by atoms with Crippen LogP contribution in [0.2, 0.25) is 5.02 Å². The molecule has 0 radical (unpaired) electrons. The van der Waals surface area contributed by atoms with Gasteiger partial charge in [-0.3, -0.25) is 9.59 Å². The molecule has 1 heterocycles. The normalized spacial score (nSPS) is 13.5. The third kappa shape index (κ3) is 5.46. The van der Waals surface area contributed by atoms with Crippen molar-refractivity contribution in [3.05, 3.63) is 94.5 Å². The van der Waals surface area contributed by atoms with Crippen LogP contribution in [0.5, 0.6) is 5.75 Å². The maximum Gasteiger partial charge on any atom is 0.259 e. The number of hydrogen-bond donors (Lipinski definition) is 1. The van der Waals surface area contributed by atoms with Crippen LogP contribution in [-0.2, 0) is 11.3 Å². The van der Waals surface area contributed by atoms with E-state index in [1.54, 1.807) is 59.5 Å². The monoisotopic (exact) mass is 450 g/mol. The minimum absolute atomic E-state index is 0.0731. The summed E-state index contributed by atoms with van der Waals surface area (Å²) in [7, 11) is 0. The van der Waals surface area contributed by atoms with E-state index in [0.717, 1.165) is 5.56 Å². The highest BCUT2D eigenvalue weighted by Crippen LogP contribution is 2.22. The molecule has 0 aromatic heterocycles. The van der Waals surface area contributed by atoms with Gasteiger partial charge in [0.25, 0.3) is 11.8 Å². The number of ether oxygens (including phenoxy) is 2. The largest absolute Gasteiger partial charge is 0.488 e. The number of rotatable bonds is 6. The second kappa shape index (κ2) is 10.3. The smallest absolute Gasteiger partial charge is 0.259 e. The summed E-state index contributed by atoms with van der Waals surface area (Å²) in [5.74, 6) is 0.0873. The molecule has 32 heavy (non-hydrogen) atoms. The third-order valence-corrected chi connectivity index (χ3v) is 5.36. The first kappa shape index (κ1) is 21.9. The summed E-state index contributed by atoms with van der Waals surface area (Å²) in [5, 5.41) is 3.53. The van der Waals surface area contributed by atoms with Gasteiger partial charge in [0.2, 0.25) is 0 Å². The van der Waals surface area contributed by atoms with Gasteiger partial charge in [-0.25, -0.2) is 0 Å². The van der Waals surface area contributed by atoms with E-state index < -0.39 is 0 Å². The van der Waals surface area contributed by atoms with E-state index in [1.807, 2.05) is 18.2 Å². The predicted molar refractivity (Wildman–Crippen MR) is 123 cm³/mol. The van der Waals surface area contributed by atoms with Crippen LogP contribution in [0.25, 0.3) is 0 Å². The summed E-state index contributed by atoms with van der Waals surface area (Å²) >= 11 is 5.92. The van der Waals surface area contributed by atoms with Crippen molar-refractivity contribution < 1.29 is 19.1 Å². The Bertz CT molecular complexity index is 1100. The van der Waals surface area contributed by atoms with E-state index in [1.165, 1.54) is 0 Å². The highest BCUT2D eigenvalue weighted by Gasteiger charge is 2.19. The number of morpholine rings is 1. The molecular formula is C25H23ClN2O4. The van der Waals surface area contributed by atoms with Crippen molar-refractivity contribution in [1.82, 2.24) is 4.90 Å². The Kier molecular flexibility index (Phi) is 7.04. The fraction of sp³-hybridized carbons (Fsp3) is 0.200. The summed E-state index contributed by atoms with van der Waals surface area (Å²) in [6.07, 6.45) is 0. The number of hydrogen-bond acceptors (Lipinski definition) is 4. The van der Waals surface area contributed by atoms with E-state index in [2.05, 4.69) is 5.32 Å². The number of halogens is 1. The summed E-state index contributed by atoms with van der Waals surface area (Å²) in [5.41, 5.74) is 2.42. The van der Waals surface area contributed by atoms with E-state index in [4.69, 9.17) is 21.1 Å². The first-order chi connectivity index (χ1) is 15.6. The molecule has 0 atom stereocenters. The van der Waals surface area contributed by atoms with Crippen LogP contribution in [0, 0.1) is 0 Å². The number of anilines is 1. The minimum Gasteiger partial charge on any atom is -0.488 e. The fourth-order valence-electron chi connectivity index (χ4n) is 3.40. The van der Waals surface area contributed by atoms with Crippen LogP contribution in [0.1, 0.15) is 26.3 Å². The van der Waals surface area contributed by atoms with Gasteiger partial charge >= 0.3 is 0 Å². The molecule has 0 saturated carbocycles. The van der Waals surface area contributed by atoms with Crippen molar-refractivity contribution >= 4 is 29.1 Å². The van der Waals surface area contributed by atoms with Gasteiger partial charge in [-0.05, 0) is 48.0 Å². The van der Waals surface area contributed by atoms with Gasteiger partial charge < -0.3 is 19.7 Å². The molecule has 2 amide bonds. The molecule has 0 unspecified atom stereocenters. The summed E-state index contributed by atoms with van der Waals surface area (Å²) in [6.45, 7) is 2.51. The molecule has 164 valence electrons. The van der Waals surface area contributed by atoms with E-state index in [9.17, 15) is 9.59 Å². The molecule has 1 aliphatic rings. The summed E-state index contributed by atoms with van der Waals surface area (Å²) < 4.78 is 11.2. The van der Waals surface area contributed by atoms with Gasteiger partial charge in [0.15, 0.2) is 0 Å². The average Bonchev–Trinajstić information content (AvgIpc) is 2.84. The molecule has 0 spiro atoms. The van der Waals surface area contributed by atoms with Gasteiger partial charge in [0, 0.05) is 29.4 Å². The van der Waals surface area contributed by atoms with Crippen LogP contribution in [0.15, 0.2) is 72.8 Å². The Hall–Kier alpha value is -3.35. The summed E-state index contributed by atoms with van der Waals surface area (Å²) in [6, 6.07) is 21.3. The summed E-state index contributed by atoms with van der Waals surface area (Å²) in [4.78, 5) is 27.4. The van der Waals surface area contributed by atoms with Gasteiger partial charge in [0.1, 0.15) is 12.4 Å². The van der Waals surface area contributed by atoms with Crippen LogP contribution in [0.3, 0.4) is 0 Å². The van der Waals surface area contributed by atoms with Crippen molar-refractivity contribution in [1.29, 1.82) is 0 Å². The fourth-order valence-corrected chi connectivity index (χ4v) is 3.53. The lowest BCUT2D eigenvalue weighted by Crippen LogP contribution is -2.40. The Morgan fingerprint density at radius 2 is 1.72 bits per heavy atom. The number of nitrogens with one attached hydrogen (secondary N) is 1. The molecule has 1 N–H and O–H groups in total. The molecule has 4 rings (SSSR count). The zero-order chi connectivity index (χ0) is 22.3. The van der Waals surface area contributed by atoms with E-state index in [-0.39, 0.29) is 11.8 Å². The quantitative estimate of drug-likeness (QED) is 0.594. The highest BCUT2D eigenvalue weighted by molar-refractivity contribution is 6.30. The van der Waals surface area contributed by atoms with Crippen LogP contribution in [-0.4, -0.2) is 43.0 Å². The average molecular weight is 451 g/mol. The Balaban J connectivity index is 1.45. The lowest BCUT2D eigenvalue weighted by Gasteiger charge is -2.27. The van der Waals surface area contributed by atoms with Gasteiger partial charge in [0.05, 0.1) is 18.8 Å². The molecule has 7 heteroatoms. The zero-order valence-corrected chi connectivity index (χ0v) is 18.2. The van der Waals surface area contributed by atoms with Crippen molar-refractivity contribution in [2.24, 2.45) is 0 Å². The number of amides is 2. The lowest BCUT2D eigenvalue weighted by molar-refractivity contribution is 0.0303. The number of carbonyl (C=O) groups is 2. The molecule has 1 fully saturated rings. The second-order valence-electron chi connectivity index (χ2n) is 7.35. The first-order valence-corrected chi connectivity index (χ1v) is 10.7. The van der Waals surface area contributed by atoms with Crippen LogP contribution >= 0.6 is 11.6 Å². The van der Waals surface area contributed by atoms with Crippen molar-refractivity contribution in [3.63, 3.8) is 0 Å². The molecule has 0 bridgehead atoms. The molecule has 1 aliphatic heterocycles. The van der Waals surface area contributed by atoms with E-state index in [0.29, 0.717) is 60.5 Å². The SMILES string of the molecule is O=C(Nc1cccc(C(=O)N2CCOCC2)c1)c1ccccc1OCc1ccc(Cl)cc1. The Morgan fingerprint density at radius 1 is 0.969 bits per heavy atom. The minimum atomic E-state index is -0.312. The van der Waals surface area contributed by atoms with Crippen LogP contribution in [0.4, 0.5) is 5.69 Å². The lowest BCUT2D eigenvalue weighted by atomic mass is 10.1. The van der Waals surface area contributed by atoms with Crippen LogP contribution < -0.4 is 10.1 Å². The molecule has 3 aromatic rings. The molecule has 3 aromatic carbocycles.